The van der Waals surface area contributed by atoms with Gasteiger partial charge in [0.15, 0.2) is 9.84 Å². The molecule has 3 heterocycles. The van der Waals surface area contributed by atoms with Crippen molar-refractivity contribution < 1.29 is 13.2 Å². The van der Waals surface area contributed by atoms with Gasteiger partial charge in [-0.05, 0) is 39.3 Å². The number of thiazole rings is 1. The van der Waals surface area contributed by atoms with Gasteiger partial charge < -0.3 is 10.2 Å². The number of nitrogens with zero attached hydrogens (tertiary/aromatic N) is 2. The Kier molecular flexibility index (Phi) is 5.03. The van der Waals surface area contributed by atoms with E-state index in [0.29, 0.717) is 11.3 Å². The zero-order valence-corrected chi connectivity index (χ0v) is 15.0. The van der Waals surface area contributed by atoms with Gasteiger partial charge in [-0.2, -0.15) is 0 Å². The van der Waals surface area contributed by atoms with Crippen LogP contribution in [0.1, 0.15) is 39.6 Å². The Bertz CT molecular complexity index is 678. The van der Waals surface area contributed by atoms with E-state index in [4.69, 9.17) is 0 Å². The molecule has 1 N–H and O–H groups in total. The number of sulfone groups is 1. The van der Waals surface area contributed by atoms with Crippen LogP contribution in [-0.4, -0.2) is 61.4 Å². The second kappa shape index (κ2) is 6.86. The second-order valence-corrected chi connectivity index (χ2v) is 9.71. The third-order valence-corrected chi connectivity index (χ3v) is 7.44. The van der Waals surface area contributed by atoms with Crippen molar-refractivity contribution in [1.82, 2.24) is 15.2 Å². The molecular formula is C15H23N3O3S2. The standard InChI is InChI=1S/C15H23N3O3S2/c1-11-14(15(19)17-12-5-9-23(20,21)10-12)22-13(16-11)4-8-18-6-2-3-7-18/h12H,2-10H2,1H3,(H,17,19). The molecular weight excluding hydrogens is 334 g/mol. The molecule has 1 aromatic rings. The maximum atomic E-state index is 12.4. The summed E-state index contributed by atoms with van der Waals surface area (Å²) >= 11 is 1.43. The number of carbonyl (C=O) groups excluding carboxylic acids is 1. The maximum absolute atomic E-state index is 12.4. The summed E-state index contributed by atoms with van der Waals surface area (Å²) < 4.78 is 23.0. The number of aryl methyl sites for hydroxylation is 1. The highest BCUT2D eigenvalue weighted by molar-refractivity contribution is 7.91. The Labute approximate surface area is 141 Å². The van der Waals surface area contributed by atoms with E-state index in [1.165, 1.54) is 24.2 Å². The Morgan fingerprint density at radius 1 is 1.39 bits per heavy atom. The van der Waals surface area contributed by atoms with E-state index in [1.807, 2.05) is 6.92 Å². The molecule has 0 radical (unpaired) electrons. The molecule has 1 aromatic heterocycles. The lowest BCUT2D eigenvalue weighted by Gasteiger charge is -2.12. The summed E-state index contributed by atoms with van der Waals surface area (Å²) in [7, 11) is -2.98. The third-order valence-electron chi connectivity index (χ3n) is 4.46. The number of hydrogen-bond acceptors (Lipinski definition) is 6. The van der Waals surface area contributed by atoms with Crippen LogP contribution in [0.5, 0.6) is 0 Å². The van der Waals surface area contributed by atoms with Gasteiger partial charge in [-0.25, -0.2) is 13.4 Å². The molecule has 2 aliphatic heterocycles. The number of likely N-dealkylation sites (tertiary alicyclic amines) is 1. The highest BCUT2D eigenvalue weighted by Gasteiger charge is 2.30. The maximum Gasteiger partial charge on any atom is 0.263 e. The molecule has 0 saturated carbocycles. The van der Waals surface area contributed by atoms with Crippen molar-refractivity contribution in [3.05, 3.63) is 15.6 Å². The van der Waals surface area contributed by atoms with E-state index in [2.05, 4.69) is 15.2 Å². The quantitative estimate of drug-likeness (QED) is 0.851. The lowest BCUT2D eigenvalue weighted by atomic mass is 10.2. The molecule has 0 bridgehead atoms. The third kappa shape index (κ3) is 4.30. The Morgan fingerprint density at radius 3 is 2.78 bits per heavy atom. The molecule has 1 amide bonds. The van der Waals surface area contributed by atoms with Crippen LogP contribution in [-0.2, 0) is 16.3 Å². The minimum absolute atomic E-state index is 0.0540. The largest absolute Gasteiger partial charge is 0.347 e. The summed E-state index contributed by atoms with van der Waals surface area (Å²) in [6.45, 7) is 5.16. The molecule has 2 aliphatic rings. The first-order chi connectivity index (χ1) is 10.9. The number of carbonyl (C=O) groups is 1. The molecule has 3 rings (SSSR count). The van der Waals surface area contributed by atoms with Gasteiger partial charge in [0.25, 0.3) is 5.91 Å². The zero-order chi connectivity index (χ0) is 16.4. The van der Waals surface area contributed by atoms with Crippen LogP contribution in [0.2, 0.25) is 0 Å². The smallest absolute Gasteiger partial charge is 0.263 e. The van der Waals surface area contributed by atoms with E-state index >= 15 is 0 Å². The zero-order valence-electron chi connectivity index (χ0n) is 13.4. The van der Waals surface area contributed by atoms with Gasteiger partial charge in [0.05, 0.1) is 22.2 Å². The van der Waals surface area contributed by atoms with Crippen LogP contribution < -0.4 is 5.32 Å². The monoisotopic (exact) mass is 357 g/mol. The number of aromatic nitrogens is 1. The van der Waals surface area contributed by atoms with Crippen molar-refractivity contribution in [1.29, 1.82) is 0 Å². The van der Waals surface area contributed by atoms with Crippen molar-refractivity contribution in [2.24, 2.45) is 0 Å². The molecule has 2 saturated heterocycles. The molecule has 128 valence electrons. The minimum Gasteiger partial charge on any atom is -0.347 e. The summed E-state index contributed by atoms with van der Waals surface area (Å²) in [5, 5.41) is 3.83. The summed E-state index contributed by atoms with van der Waals surface area (Å²) in [6.07, 6.45) is 3.92. The lowest BCUT2D eigenvalue weighted by Crippen LogP contribution is -2.35. The first-order valence-corrected chi connectivity index (χ1v) is 10.8. The first kappa shape index (κ1) is 16.9. The van der Waals surface area contributed by atoms with Gasteiger partial charge in [-0.3, -0.25) is 4.79 Å². The molecule has 0 aliphatic carbocycles. The number of rotatable bonds is 5. The molecule has 1 atom stereocenters. The summed E-state index contributed by atoms with van der Waals surface area (Å²) in [4.78, 5) is 19.9. The fourth-order valence-corrected chi connectivity index (χ4v) is 5.82. The van der Waals surface area contributed by atoms with Crippen molar-refractivity contribution in [3.63, 3.8) is 0 Å². The SMILES string of the molecule is Cc1nc(CCN2CCCC2)sc1C(=O)NC1CCS(=O)(=O)C1. The molecule has 23 heavy (non-hydrogen) atoms. The predicted molar refractivity (Wildman–Crippen MR) is 90.8 cm³/mol. The van der Waals surface area contributed by atoms with Crippen molar-refractivity contribution in [2.45, 2.75) is 38.6 Å². The molecule has 8 heteroatoms. The summed E-state index contributed by atoms with van der Waals surface area (Å²) in [5.74, 6) is 0.0357. The van der Waals surface area contributed by atoms with E-state index in [0.717, 1.165) is 36.8 Å². The van der Waals surface area contributed by atoms with Crippen molar-refractivity contribution in [3.8, 4) is 0 Å². The van der Waals surface area contributed by atoms with Crippen LogP contribution in [0.3, 0.4) is 0 Å². The van der Waals surface area contributed by atoms with E-state index in [1.54, 1.807) is 0 Å². The molecule has 6 nitrogen and oxygen atoms in total. The highest BCUT2D eigenvalue weighted by atomic mass is 32.2. The normalized spacial score (nSPS) is 24.1. The van der Waals surface area contributed by atoms with Crippen molar-refractivity contribution >= 4 is 27.1 Å². The number of nitrogens with one attached hydrogen (secondary N) is 1. The van der Waals surface area contributed by atoms with Gasteiger partial charge >= 0.3 is 0 Å². The Morgan fingerprint density at radius 2 is 2.13 bits per heavy atom. The van der Waals surface area contributed by atoms with Gasteiger partial charge in [0, 0.05) is 19.0 Å². The van der Waals surface area contributed by atoms with Crippen LogP contribution in [0.15, 0.2) is 0 Å². The Balaban J connectivity index is 1.57. The topological polar surface area (TPSA) is 79.4 Å². The second-order valence-electron chi connectivity index (χ2n) is 6.39. The molecule has 0 aromatic carbocycles. The van der Waals surface area contributed by atoms with E-state index in [9.17, 15) is 13.2 Å². The average Bonchev–Trinajstić information content (AvgIpc) is 3.17. The van der Waals surface area contributed by atoms with Gasteiger partial charge in [-0.1, -0.05) is 0 Å². The fraction of sp³-hybridized carbons (Fsp3) is 0.733. The van der Waals surface area contributed by atoms with Crippen LogP contribution in [0, 0.1) is 6.92 Å². The number of amides is 1. The van der Waals surface area contributed by atoms with Gasteiger partial charge in [0.1, 0.15) is 4.88 Å². The highest BCUT2D eigenvalue weighted by Crippen LogP contribution is 2.21. The van der Waals surface area contributed by atoms with Gasteiger partial charge in [-0.15, -0.1) is 11.3 Å². The van der Waals surface area contributed by atoms with Crippen LogP contribution in [0.4, 0.5) is 0 Å². The van der Waals surface area contributed by atoms with Crippen molar-refractivity contribution in [2.75, 3.05) is 31.1 Å². The Hall–Kier alpha value is -0.990. The predicted octanol–water partition coefficient (Wildman–Crippen LogP) is 1.01. The van der Waals surface area contributed by atoms with E-state index < -0.39 is 9.84 Å². The lowest BCUT2D eigenvalue weighted by molar-refractivity contribution is 0.0944. The average molecular weight is 358 g/mol. The molecule has 0 spiro atoms. The fourth-order valence-electron chi connectivity index (χ4n) is 3.19. The van der Waals surface area contributed by atoms with Crippen LogP contribution >= 0.6 is 11.3 Å². The van der Waals surface area contributed by atoms with E-state index in [-0.39, 0.29) is 23.5 Å². The molecule has 1 unspecified atom stereocenters. The minimum atomic E-state index is -2.98. The van der Waals surface area contributed by atoms with Crippen LogP contribution in [0.25, 0.3) is 0 Å². The number of hydrogen-bond donors (Lipinski definition) is 1. The summed E-state index contributed by atoms with van der Waals surface area (Å²) in [6, 6.07) is -0.262. The van der Waals surface area contributed by atoms with Gasteiger partial charge in [0.2, 0.25) is 0 Å². The molecule has 2 fully saturated rings. The first-order valence-electron chi connectivity index (χ1n) is 8.13. The summed E-state index contributed by atoms with van der Waals surface area (Å²) in [5.41, 5.74) is 0.741.